The number of hydrogen-bond donors (Lipinski definition) is 1. The van der Waals surface area contributed by atoms with Crippen molar-refractivity contribution in [1.82, 2.24) is 14.8 Å². The van der Waals surface area contributed by atoms with E-state index in [-0.39, 0.29) is 6.04 Å². The van der Waals surface area contributed by atoms with Crippen LogP contribution in [0.5, 0.6) is 0 Å². The summed E-state index contributed by atoms with van der Waals surface area (Å²) in [7, 11) is 0. The zero-order valence-corrected chi connectivity index (χ0v) is 10.8. The molecule has 2 heterocycles. The fourth-order valence-electron chi connectivity index (χ4n) is 2.02. The molecule has 0 amide bonds. The molecule has 0 aliphatic carbocycles. The van der Waals surface area contributed by atoms with Gasteiger partial charge in [0.15, 0.2) is 0 Å². The average Bonchev–Trinajstić information content (AvgIpc) is 2.86. The number of aromatic nitrogens is 3. The molecule has 2 aromatic rings. The number of aryl methyl sites for hydroxylation is 1. The Morgan fingerprint density at radius 1 is 1.28 bits per heavy atom. The number of aliphatic hydroxyl groups excluding tert-OH is 1. The van der Waals surface area contributed by atoms with Gasteiger partial charge in [0.1, 0.15) is 0 Å². The Hall–Kier alpha value is -1.68. The van der Waals surface area contributed by atoms with Crippen LogP contribution in [0.4, 0.5) is 0 Å². The fourth-order valence-corrected chi connectivity index (χ4v) is 2.02. The van der Waals surface area contributed by atoms with Gasteiger partial charge < -0.3 is 5.11 Å². The Bertz CT molecular complexity index is 479. The van der Waals surface area contributed by atoms with Gasteiger partial charge in [-0.05, 0) is 44.4 Å². The van der Waals surface area contributed by atoms with Crippen molar-refractivity contribution in [3.8, 4) is 0 Å². The predicted octanol–water partition coefficient (Wildman–Crippen LogP) is 2.53. The molecule has 0 aliphatic rings. The Morgan fingerprint density at radius 3 is 2.78 bits per heavy atom. The second kappa shape index (κ2) is 5.78. The molecule has 0 aromatic carbocycles. The molecular weight excluding hydrogens is 226 g/mol. The van der Waals surface area contributed by atoms with E-state index in [9.17, 15) is 5.11 Å². The van der Waals surface area contributed by atoms with Crippen LogP contribution in [0.2, 0.25) is 0 Å². The number of hydrogen-bond acceptors (Lipinski definition) is 3. The van der Waals surface area contributed by atoms with E-state index in [1.54, 1.807) is 12.4 Å². The van der Waals surface area contributed by atoms with E-state index in [2.05, 4.69) is 23.9 Å². The van der Waals surface area contributed by atoms with E-state index >= 15 is 0 Å². The van der Waals surface area contributed by atoms with Crippen molar-refractivity contribution in [3.63, 3.8) is 0 Å². The minimum atomic E-state index is -0.477. The molecule has 1 atom stereocenters. The molecule has 0 fully saturated rings. The van der Waals surface area contributed by atoms with Gasteiger partial charge in [0.2, 0.25) is 0 Å². The van der Waals surface area contributed by atoms with Crippen molar-refractivity contribution >= 4 is 0 Å². The Balaban J connectivity index is 1.99. The first kappa shape index (κ1) is 12.8. The molecule has 18 heavy (non-hydrogen) atoms. The van der Waals surface area contributed by atoms with Gasteiger partial charge in [-0.25, -0.2) is 0 Å². The summed E-state index contributed by atoms with van der Waals surface area (Å²) in [6.45, 7) is 4.12. The maximum absolute atomic E-state index is 10.2. The first-order valence-electron chi connectivity index (χ1n) is 6.29. The third kappa shape index (κ3) is 2.96. The lowest BCUT2D eigenvalue weighted by molar-refractivity contribution is 0.154. The van der Waals surface area contributed by atoms with Gasteiger partial charge in [0.05, 0.1) is 11.8 Å². The first-order chi connectivity index (χ1) is 8.68. The molecule has 0 spiro atoms. The van der Waals surface area contributed by atoms with Gasteiger partial charge in [-0.1, -0.05) is 6.07 Å². The van der Waals surface area contributed by atoms with Crippen molar-refractivity contribution in [2.75, 3.05) is 0 Å². The summed E-state index contributed by atoms with van der Waals surface area (Å²) in [6, 6.07) is 6.09. The summed E-state index contributed by atoms with van der Waals surface area (Å²) in [6.07, 6.45) is 6.36. The SMILES string of the molecule is CC(C)n1nccc1C(O)CCc1cccnc1. The largest absolute Gasteiger partial charge is 0.387 e. The Morgan fingerprint density at radius 2 is 2.11 bits per heavy atom. The fraction of sp³-hybridized carbons (Fsp3) is 0.429. The highest BCUT2D eigenvalue weighted by atomic mass is 16.3. The third-order valence-corrected chi connectivity index (χ3v) is 2.96. The van der Waals surface area contributed by atoms with Crippen molar-refractivity contribution in [1.29, 1.82) is 0 Å². The summed E-state index contributed by atoms with van der Waals surface area (Å²) in [5.41, 5.74) is 2.03. The van der Waals surface area contributed by atoms with Crippen LogP contribution in [0.25, 0.3) is 0 Å². The lowest BCUT2D eigenvalue weighted by atomic mass is 10.1. The van der Waals surface area contributed by atoms with Crippen molar-refractivity contribution < 1.29 is 5.11 Å². The van der Waals surface area contributed by atoms with Gasteiger partial charge in [-0.3, -0.25) is 9.67 Å². The monoisotopic (exact) mass is 245 g/mol. The van der Waals surface area contributed by atoms with Gasteiger partial charge in [-0.2, -0.15) is 5.10 Å². The summed E-state index contributed by atoms with van der Waals surface area (Å²) >= 11 is 0. The smallest absolute Gasteiger partial charge is 0.0960 e. The Kier molecular flexibility index (Phi) is 4.10. The zero-order chi connectivity index (χ0) is 13.0. The average molecular weight is 245 g/mol. The van der Waals surface area contributed by atoms with E-state index < -0.39 is 6.10 Å². The van der Waals surface area contributed by atoms with E-state index in [1.165, 1.54) is 0 Å². The Labute approximate surface area is 107 Å². The number of rotatable bonds is 5. The van der Waals surface area contributed by atoms with Gasteiger partial charge in [-0.15, -0.1) is 0 Å². The summed E-state index contributed by atoms with van der Waals surface area (Å²) in [5, 5.41) is 14.5. The number of pyridine rings is 1. The van der Waals surface area contributed by atoms with Gasteiger partial charge >= 0.3 is 0 Å². The lowest BCUT2D eigenvalue weighted by Gasteiger charge is -2.15. The summed E-state index contributed by atoms with van der Waals surface area (Å²) < 4.78 is 1.87. The molecule has 1 N–H and O–H groups in total. The molecule has 0 bridgehead atoms. The molecule has 0 saturated heterocycles. The molecule has 4 heteroatoms. The van der Waals surface area contributed by atoms with E-state index in [1.807, 2.05) is 29.1 Å². The first-order valence-corrected chi connectivity index (χ1v) is 6.29. The molecule has 0 radical (unpaired) electrons. The van der Waals surface area contributed by atoms with Crippen LogP contribution < -0.4 is 0 Å². The van der Waals surface area contributed by atoms with Crippen LogP contribution in [0.1, 0.15) is 43.7 Å². The minimum absolute atomic E-state index is 0.267. The molecule has 0 aliphatic heterocycles. The molecule has 0 saturated carbocycles. The highest BCUT2D eigenvalue weighted by Gasteiger charge is 2.14. The quantitative estimate of drug-likeness (QED) is 0.880. The van der Waals surface area contributed by atoms with E-state index in [0.29, 0.717) is 6.42 Å². The predicted molar refractivity (Wildman–Crippen MR) is 70.1 cm³/mol. The lowest BCUT2D eigenvalue weighted by Crippen LogP contribution is -2.11. The number of aliphatic hydroxyl groups is 1. The topological polar surface area (TPSA) is 50.9 Å². The van der Waals surface area contributed by atoms with Crippen LogP contribution in [0, 0.1) is 0 Å². The van der Waals surface area contributed by atoms with Crippen molar-refractivity contribution in [2.24, 2.45) is 0 Å². The van der Waals surface area contributed by atoms with Crippen LogP contribution in [0.3, 0.4) is 0 Å². The minimum Gasteiger partial charge on any atom is -0.387 e. The van der Waals surface area contributed by atoms with Crippen LogP contribution in [0.15, 0.2) is 36.8 Å². The maximum atomic E-state index is 10.2. The second-order valence-corrected chi connectivity index (χ2v) is 4.71. The molecule has 2 rings (SSSR count). The summed E-state index contributed by atoms with van der Waals surface area (Å²) in [5.74, 6) is 0. The maximum Gasteiger partial charge on any atom is 0.0960 e. The van der Waals surface area contributed by atoms with Crippen molar-refractivity contribution in [3.05, 3.63) is 48.0 Å². The molecule has 2 aromatic heterocycles. The molecule has 4 nitrogen and oxygen atoms in total. The zero-order valence-electron chi connectivity index (χ0n) is 10.8. The summed E-state index contributed by atoms with van der Waals surface area (Å²) in [4.78, 5) is 4.07. The van der Waals surface area contributed by atoms with Gasteiger partial charge in [0.25, 0.3) is 0 Å². The van der Waals surface area contributed by atoms with Crippen LogP contribution >= 0.6 is 0 Å². The van der Waals surface area contributed by atoms with Gasteiger partial charge in [0, 0.05) is 24.6 Å². The molecular formula is C14H19N3O. The molecule has 1 unspecified atom stereocenters. The second-order valence-electron chi connectivity index (χ2n) is 4.71. The van der Waals surface area contributed by atoms with Crippen molar-refractivity contribution in [2.45, 2.75) is 38.8 Å². The normalized spacial score (nSPS) is 12.9. The van der Waals surface area contributed by atoms with Crippen LogP contribution in [-0.4, -0.2) is 19.9 Å². The molecule has 96 valence electrons. The van der Waals surface area contributed by atoms with Crippen LogP contribution in [-0.2, 0) is 6.42 Å². The highest BCUT2D eigenvalue weighted by Crippen LogP contribution is 2.21. The highest BCUT2D eigenvalue weighted by molar-refractivity contribution is 5.11. The number of nitrogens with zero attached hydrogens (tertiary/aromatic N) is 3. The van der Waals surface area contributed by atoms with E-state index in [4.69, 9.17) is 0 Å². The standard InChI is InChI=1S/C14H19N3O/c1-11(2)17-13(7-9-16-17)14(18)6-5-12-4-3-8-15-10-12/h3-4,7-11,14,18H,5-6H2,1-2H3. The van der Waals surface area contributed by atoms with E-state index in [0.717, 1.165) is 17.7 Å². The third-order valence-electron chi connectivity index (χ3n) is 2.96.